The van der Waals surface area contributed by atoms with E-state index in [1.165, 1.54) is 23.0 Å². The molecule has 1 aliphatic rings. The SMILES string of the molecule is O=C(NCCCn1ccc2ccccc21)c1cc(S(=O)(=O)NC2CC2)ccc1Br. The molecule has 0 unspecified atom stereocenters. The fraction of sp³-hybridized carbons (Fsp3) is 0.286. The number of hydrogen-bond acceptors (Lipinski definition) is 3. The number of fused-ring (bicyclic) bond motifs is 1. The monoisotopic (exact) mass is 475 g/mol. The van der Waals surface area contributed by atoms with Crippen LogP contribution in [0.1, 0.15) is 29.6 Å². The quantitative estimate of drug-likeness (QED) is 0.487. The molecule has 0 bridgehead atoms. The predicted molar refractivity (Wildman–Crippen MR) is 116 cm³/mol. The molecule has 29 heavy (non-hydrogen) atoms. The molecule has 1 aromatic heterocycles. The van der Waals surface area contributed by atoms with Gasteiger partial charge in [-0.05, 0) is 70.9 Å². The molecule has 6 nitrogen and oxygen atoms in total. The lowest BCUT2D eigenvalue weighted by atomic mass is 10.2. The van der Waals surface area contributed by atoms with E-state index < -0.39 is 10.0 Å². The summed E-state index contributed by atoms with van der Waals surface area (Å²) in [7, 11) is -3.60. The van der Waals surface area contributed by atoms with E-state index in [0.717, 1.165) is 25.8 Å². The third-order valence-electron chi connectivity index (χ3n) is 4.93. The summed E-state index contributed by atoms with van der Waals surface area (Å²) in [6.07, 6.45) is 4.53. The zero-order valence-electron chi connectivity index (χ0n) is 15.8. The Kier molecular flexibility index (Phi) is 5.76. The maximum absolute atomic E-state index is 12.6. The van der Waals surface area contributed by atoms with Crippen LogP contribution < -0.4 is 10.0 Å². The summed E-state index contributed by atoms with van der Waals surface area (Å²) in [6.45, 7) is 1.28. The van der Waals surface area contributed by atoms with E-state index in [1.807, 2.05) is 18.3 Å². The number of para-hydroxylation sites is 1. The van der Waals surface area contributed by atoms with Gasteiger partial charge in [0.15, 0.2) is 0 Å². The van der Waals surface area contributed by atoms with Crippen LogP contribution in [0, 0.1) is 0 Å². The number of carbonyl (C=O) groups excluding carboxylic acids is 1. The lowest BCUT2D eigenvalue weighted by Gasteiger charge is -2.11. The molecule has 1 heterocycles. The van der Waals surface area contributed by atoms with Crippen LogP contribution in [0.3, 0.4) is 0 Å². The minimum absolute atomic E-state index is 0.0192. The summed E-state index contributed by atoms with van der Waals surface area (Å²) < 4.78 is 30.2. The number of amides is 1. The lowest BCUT2D eigenvalue weighted by molar-refractivity contribution is 0.0952. The molecule has 3 aromatic rings. The molecule has 4 rings (SSSR count). The molecule has 1 fully saturated rings. The molecule has 0 spiro atoms. The first kappa shape index (κ1) is 20.1. The van der Waals surface area contributed by atoms with Gasteiger partial charge >= 0.3 is 0 Å². The Morgan fingerprint density at radius 2 is 1.93 bits per heavy atom. The van der Waals surface area contributed by atoms with Crippen LogP contribution in [0.15, 0.2) is 64.1 Å². The topological polar surface area (TPSA) is 80.2 Å². The normalized spacial score (nSPS) is 14.2. The van der Waals surface area contributed by atoms with Crippen LogP contribution in [-0.4, -0.2) is 31.5 Å². The molecule has 1 amide bonds. The van der Waals surface area contributed by atoms with Crippen molar-refractivity contribution in [2.45, 2.75) is 36.7 Å². The predicted octanol–water partition coefficient (Wildman–Crippen LogP) is 3.66. The summed E-state index contributed by atoms with van der Waals surface area (Å²) in [6, 6.07) is 14.8. The number of benzene rings is 2. The maximum Gasteiger partial charge on any atom is 0.252 e. The Morgan fingerprint density at radius 1 is 1.14 bits per heavy atom. The second kappa shape index (κ2) is 8.30. The zero-order valence-corrected chi connectivity index (χ0v) is 18.2. The molecular formula is C21H22BrN3O3S. The molecule has 8 heteroatoms. The van der Waals surface area contributed by atoms with Gasteiger partial charge in [-0.3, -0.25) is 4.79 Å². The highest BCUT2D eigenvalue weighted by Gasteiger charge is 2.28. The van der Waals surface area contributed by atoms with Gasteiger partial charge in [-0.1, -0.05) is 18.2 Å². The average Bonchev–Trinajstić information content (AvgIpc) is 3.41. The Balaban J connectivity index is 1.37. The summed E-state index contributed by atoms with van der Waals surface area (Å²) in [5.74, 6) is -0.294. The Morgan fingerprint density at radius 3 is 2.72 bits per heavy atom. The summed E-state index contributed by atoms with van der Waals surface area (Å²) in [5.41, 5.74) is 1.48. The molecule has 0 saturated heterocycles. The number of nitrogens with zero attached hydrogens (tertiary/aromatic N) is 1. The Labute approximate surface area is 178 Å². The number of halogens is 1. The van der Waals surface area contributed by atoms with E-state index >= 15 is 0 Å². The van der Waals surface area contributed by atoms with Crippen molar-refractivity contribution in [1.82, 2.24) is 14.6 Å². The first-order valence-corrected chi connectivity index (χ1v) is 11.9. The van der Waals surface area contributed by atoms with Crippen LogP contribution in [0.2, 0.25) is 0 Å². The number of sulfonamides is 1. The van der Waals surface area contributed by atoms with Crippen molar-refractivity contribution in [2.75, 3.05) is 6.54 Å². The van der Waals surface area contributed by atoms with Crippen molar-refractivity contribution in [2.24, 2.45) is 0 Å². The number of rotatable bonds is 8. The fourth-order valence-electron chi connectivity index (χ4n) is 3.22. The second-order valence-electron chi connectivity index (χ2n) is 7.21. The molecule has 152 valence electrons. The lowest BCUT2D eigenvalue weighted by Crippen LogP contribution is -2.28. The highest BCUT2D eigenvalue weighted by molar-refractivity contribution is 9.10. The number of aromatic nitrogens is 1. The van der Waals surface area contributed by atoms with Crippen LogP contribution in [0.25, 0.3) is 10.9 Å². The third-order valence-corrected chi connectivity index (χ3v) is 7.14. The van der Waals surface area contributed by atoms with Crippen molar-refractivity contribution in [3.63, 3.8) is 0 Å². The molecule has 2 N–H and O–H groups in total. The molecule has 2 aromatic carbocycles. The average molecular weight is 476 g/mol. The molecular weight excluding hydrogens is 454 g/mol. The fourth-order valence-corrected chi connectivity index (χ4v) is 4.97. The van der Waals surface area contributed by atoms with Gasteiger partial charge in [-0.2, -0.15) is 0 Å². The first-order chi connectivity index (χ1) is 13.9. The summed E-state index contributed by atoms with van der Waals surface area (Å²) >= 11 is 3.35. The third kappa shape index (κ3) is 4.71. The van der Waals surface area contributed by atoms with E-state index in [0.29, 0.717) is 16.6 Å². The second-order valence-corrected chi connectivity index (χ2v) is 9.78. The van der Waals surface area contributed by atoms with Crippen molar-refractivity contribution >= 4 is 42.8 Å². The minimum atomic E-state index is -3.60. The number of carbonyl (C=O) groups is 1. The highest BCUT2D eigenvalue weighted by Crippen LogP contribution is 2.25. The van der Waals surface area contributed by atoms with Crippen LogP contribution in [0.5, 0.6) is 0 Å². The number of aryl methyl sites for hydroxylation is 1. The van der Waals surface area contributed by atoms with Gasteiger partial charge in [0.2, 0.25) is 10.0 Å². The van der Waals surface area contributed by atoms with Crippen molar-refractivity contribution in [1.29, 1.82) is 0 Å². The van der Waals surface area contributed by atoms with Gasteiger partial charge in [0, 0.05) is 35.3 Å². The van der Waals surface area contributed by atoms with Crippen molar-refractivity contribution < 1.29 is 13.2 Å². The van der Waals surface area contributed by atoms with Gasteiger partial charge in [0.05, 0.1) is 10.5 Å². The van der Waals surface area contributed by atoms with E-state index in [9.17, 15) is 13.2 Å². The number of hydrogen-bond donors (Lipinski definition) is 2. The van der Waals surface area contributed by atoms with Crippen LogP contribution >= 0.6 is 15.9 Å². The number of nitrogens with one attached hydrogen (secondary N) is 2. The minimum Gasteiger partial charge on any atom is -0.352 e. The molecule has 0 aliphatic heterocycles. The Bertz CT molecular complexity index is 1150. The van der Waals surface area contributed by atoms with E-state index in [2.05, 4.69) is 48.7 Å². The zero-order chi connectivity index (χ0) is 20.4. The van der Waals surface area contributed by atoms with E-state index in [4.69, 9.17) is 0 Å². The van der Waals surface area contributed by atoms with Gasteiger partial charge in [0.25, 0.3) is 5.91 Å². The van der Waals surface area contributed by atoms with Crippen molar-refractivity contribution in [3.05, 3.63) is 64.8 Å². The summed E-state index contributed by atoms with van der Waals surface area (Å²) in [5, 5.41) is 4.08. The van der Waals surface area contributed by atoms with Gasteiger partial charge in [-0.15, -0.1) is 0 Å². The van der Waals surface area contributed by atoms with Crippen LogP contribution in [0.4, 0.5) is 0 Å². The summed E-state index contributed by atoms with van der Waals surface area (Å²) in [4.78, 5) is 12.7. The van der Waals surface area contributed by atoms with Crippen molar-refractivity contribution in [3.8, 4) is 0 Å². The molecule has 0 atom stereocenters. The van der Waals surface area contributed by atoms with Gasteiger partial charge in [0.1, 0.15) is 0 Å². The maximum atomic E-state index is 12.6. The first-order valence-electron chi connectivity index (χ1n) is 9.58. The largest absolute Gasteiger partial charge is 0.352 e. The van der Waals surface area contributed by atoms with E-state index in [-0.39, 0.29) is 16.8 Å². The van der Waals surface area contributed by atoms with Gasteiger partial charge < -0.3 is 9.88 Å². The molecule has 1 aliphatic carbocycles. The highest BCUT2D eigenvalue weighted by atomic mass is 79.9. The van der Waals surface area contributed by atoms with E-state index in [1.54, 1.807) is 6.07 Å². The molecule has 0 radical (unpaired) electrons. The van der Waals surface area contributed by atoms with Gasteiger partial charge in [-0.25, -0.2) is 13.1 Å². The molecule has 1 saturated carbocycles. The Hall–Kier alpha value is -2.16. The smallest absolute Gasteiger partial charge is 0.252 e. The standard InChI is InChI=1S/C21H22BrN3O3S/c22-19-9-8-17(29(27,28)24-16-6-7-16)14-18(19)21(26)23-11-3-12-25-13-10-15-4-1-2-5-20(15)25/h1-2,4-5,8-10,13-14,16,24H,3,6-7,11-12H2,(H,23,26). The van der Waals surface area contributed by atoms with Crippen LogP contribution in [-0.2, 0) is 16.6 Å².